The molecule has 2 aromatic heterocycles. The SMILES string of the molecule is Cn1cnc(C(=O)NC2CCCN(c3cccc(C#N)n3)C2)c1. The predicted octanol–water partition coefficient (Wildman–Crippen LogP) is 1.09. The number of nitrogens with zero attached hydrogens (tertiary/aromatic N) is 5. The number of amides is 1. The van der Waals surface area contributed by atoms with Gasteiger partial charge in [-0.1, -0.05) is 6.07 Å². The van der Waals surface area contributed by atoms with Gasteiger partial charge < -0.3 is 14.8 Å². The lowest BCUT2D eigenvalue weighted by molar-refractivity contribution is 0.0928. The molecule has 1 fully saturated rings. The van der Waals surface area contributed by atoms with E-state index in [-0.39, 0.29) is 11.9 Å². The normalized spacial score (nSPS) is 17.6. The maximum atomic E-state index is 12.2. The van der Waals surface area contributed by atoms with Crippen molar-refractivity contribution in [2.75, 3.05) is 18.0 Å². The molecule has 118 valence electrons. The number of rotatable bonds is 3. The number of carbonyl (C=O) groups excluding carboxylic acids is 1. The van der Waals surface area contributed by atoms with E-state index in [2.05, 4.69) is 26.3 Å². The van der Waals surface area contributed by atoms with Crippen molar-refractivity contribution in [1.82, 2.24) is 19.9 Å². The summed E-state index contributed by atoms with van der Waals surface area (Å²) in [5.74, 6) is 0.622. The number of aromatic nitrogens is 3. The van der Waals surface area contributed by atoms with Crippen molar-refractivity contribution < 1.29 is 4.79 Å². The molecule has 0 aliphatic carbocycles. The first kappa shape index (κ1) is 15.0. The van der Waals surface area contributed by atoms with E-state index >= 15 is 0 Å². The molecule has 1 aliphatic rings. The number of hydrogen-bond acceptors (Lipinski definition) is 5. The molecule has 7 heteroatoms. The number of anilines is 1. The number of piperidine rings is 1. The van der Waals surface area contributed by atoms with Crippen LogP contribution < -0.4 is 10.2 Å². The summed E-state index contributed by atoms with van der Waals surface area (Å²) in [5.41, 5.74) is 0.830. The molecule has 1 aliphatic heterocycles. The van der Waals surface area contributed by atoms with Gasteiger partial charge in [0, 0.05) is 32.4 Å². The van der Waals surface area contributed by atoms with E-state index in [4.69, 9.17) is 5.26 Å². The Morgan fingerprint density at radius 2 is 2.35 bits per heavy atom. The molecule has 1 amide bonds. The molecule has 3 heterocycles. The highest BCUT2D eigenvalue weighted by Gasteiger charge is 2.23. The van der Waals surface area contributed by atoms with Crippen LogP contribution in [0.15, 0.2) is 30.7 Å². The van der Waals surface area contributed by atoms with Crippen LogP contribution >= 0.6 is 0 Å². The lowest BCUT2D eigenvalue weighted by Gasteiger charge is -2.33. The number of carbonyl (C=O) groups is 1. The molecular formula is C16H18N6O. The lowest BCUT2D eigenvalue weighted by atomic mass is 10.1. The fourth-order valence-corrected chi connectivity index (χ4v) is 2.75. The second-order valence-electron chi connectivity index (χ2n) is 5.68. The topological polar surface area (TPSA) is 86.8 Å². The fraction of sp³-hybridized carbons (Fsp3) is 0.375. The predicted molar refractivity (Wildman–Crippen MR) is 84.9 cm³/mol. The number of nitriles is 1. The molecule has 0 radical (unpaired) electrons. The van der Waals surface area contributed by atoms with Crippen LogP contribution in [0, 0.1) is 11.3 Å². The van der Waals surface area contributed by atoms with Crippen molar-refractivity contribution >= 4 is 11.7 Å². The second-order valence-corrected chi connectivity index (χ2v) is 5.68. The third-order valence-electron chi connectivity index (χ3n) is 3.87. The number of hydrogen-bond donors (Lipinski definition) is 1. The van der Waals surface area contributed by atoms with Gasteiger partial charge in [0.1, 0.15) is 23.3 Å². The third kappa shape index (κ3) is 3.48. The molecule has 1 N–H and O–H groups in total. The highest BCUT2D eigenvalue weighted by Crippen LogP contribution is 2.18. The van der Waals surface area contributed by atoms with Gasteiger partial charge in [-0.25, -0.2) is 9.97 Å². The fourth-order valence-electron chi connectivity index (χ4n) is 2.75. The van der Waals surface area contributed by atoms with Crippen molar-refractivity contribution in [2.24, 2.45) is 7.05 Å². The van der Waals surface area contributed by atoms with Crippen LogP contribution in [-0.4, -0.2) is 39.6 Å². The van der Waals surface area contributed by atoms with Gasteiger partial charge in [0.25, 0.3) is 5.91 Å². The van der Waals surface area contributed by atoms with Gasteiger partial charge in [0.15, 0.2) is 0 Å². The standard InChI is InChI=1S/C16H18N6O/c1-21-10-14(18-11-21)16(23)20-13-5-3-7-22(9-13)15-6-2-4-12(8-17)19-15/h2,4,6,10-11,13H,3,5,7,9H2,1H3,(H,20,23). The molecule has 0 spiro atoms. The molecule has 2 aromatic rings. The molecule has 7 nitrogen and oxygen atoms in total. The maximum absolute atomic E-state index is 12.2. The lowest BCUT2D eigenvalue weighted by Crippen LogP contribution is -2.48. The summed E-state index contributed by atoms with van der Waals surface area (Å²) >= 11 is 0. The van der Waals surface area contributed by atoms with Gasteiger partial charge in [-0.2, -0.15) is 5.26 Å². The van der Waals surface area contributed by atoms with Crippen LogP contribution in [0.4, 0.5) is 5.82 Å². The first-order valence-corrected chi connectivity index (χ1v) is 7.56. The van der Waals surface area contributed by atoms with Crippen LogP contribution in [0.5, 0.6) is 0 Å². The molecule has 0 saturated carbocycles. The molecule has 1 atom stereocenters. The van der Waals surface area contributed by atoms with Gasteiger partial charge >= 0.3 is 0 Å². The van der Waals surface area contributed by atoms with Crippen molar-refractivity contribution in [3.05, 3.63) is 42.1 Å². The molecule has 0 bridgehead atoms. The first-order chi connectivity index (χ1) is 11.2. The highest BCUT2D eigenvalue weighted by atomic mass is 16.2. The largest absolute Gasteiger partial charge is 0.355 e. The molecule has 1 unspecified atom stereocenters. The summed E-state index contributed by atoms with van der Waals surface area (Å²) < 4.78 is 1.75. The van der Waals surface area contributed by atoms with Crippen LogP contribution in [0.2, 0.25) is 0 Å². The zero-order valence-electron chi connectivity index (χ0n) is 12.9. The number of nitrogens with one attached hydrogen (secondary N) is 1. The Bertz CT molecular complexity index is 747. The second kappa shape index (κ2) is 6.48. The van der Waals surface area contributed by atoms with E-state index in [1.54, 1.807) is 23.2 Å². The average molecular weight is 310 g/mol. The van der Waals surface area contributed by atoms with E-state index < -0.39 is 0 Å². The monoisotopic (exact) mass is 310 g/mol. The molecular weight excluding hydrogens is 292 g/mol. The van der Waals surface area contributed by atoms with Gasteiger partial charge in [-0.05, 0) is 25.0 Å². The summed E-state index contributed by atoms with van der Waals surface area (Å²) in [6.45, 7) is 1.55. The minimum absolute atomic E-state index is 0.0470. The summed E-state index contributed by atoms with van der Waals surface area (Å²) in [4.78, 5) is 22.7. The van der Waals surface area contributed by atoms with E-state index in [9.17, 15) is 4.79 Å². The maximum Gasteiger partial charge on any atom is 0.271 e. The summed E-state index contributed by atoms with van der Waals surface area (Å²) in [7, 11) is 1.83. The number of pyridine rings is 1. The Labute approximate surface area is 134 Å². The summed E-state index contributed by atoms with van der Waals surface area (Å²) in [5, 5.41) is 12.0. The first-order valence-electron chi connectivity index (χ1n) is 7.56. The summed E-state index contributed by atoms with van der Waals surface area (Å²) in [6.07, 6.45) is 5.20. The number of aryl methyl sites for hydroxylation is 1. The van der Waals surface area contributed by atoms with E-state index in [0.717, 1.165) is 25.2 Å². The average Bonchev–Trinajstić information content (AvgIpc) is 3.02. The van der Waals surface area contributed by atoms with E-state index in [0.29, 0.717) is 17.9 Å². The third-order valence-corrected chi connectivity index (χ3v) is 3.87. The van der Waals surface area contributed by atoms with Crippen LogP contribution in [0.1, 0.15) is 29.0 Å². The Morgan fingerprint density at radius 1 is 1.48 bits per heavy atom. The van der Waals surface area contributed by atoms with Gasteiger partial charge in [0.05, 0.1) is 6.33 Å². The van der Waals surface area contributed by atoms with Crippen molar-refractivity contribution in [2.45, 2.75) is 18.9 Å². The minimum atomic E-state index is -0.156. The van der Waals surface area contributed by atoms with E-state index in [1.807, 2.05) is 19.2 Å². The van der Waals surface area contributed by atoms with Crippen molar-refractivity contribution in [1.29, 1.82) is 5.26 Å². The zero-order chi connectivity index (χ0) is 16.2. The number of imidazole rings is 1. The molecule has 23 heavy (non-hydrogen) atoms. The van der Waals surface area contributed by atoms with Crippen molar-refractivity contribution in [3.63, 3.8) is 0 Å². The Hall–Kier alpha value is -2.88. The van der Waals surface area contributed by atoms with Gasteiger partial charge in [-0.3, -0.25) is 4.79 Å². The van der Waals surface area contributed by atoms with Crippen LogP contribution in [0.25, 0.3) is 0 Å². The smallest absolute Gasteiger partial charge is 0.271 e. The van der Waals surface area contributed by atoms with Crippen LogP contribution in [-0.2, 0) is 7.05 Å². The van der Waals surface area contributed by atoms with Gasteiger partial charge in [0.2, 0.25) is 0 Å². The Morgan fingerprint density at radius 3 is 3.09 bits per heavy atom. The zero-order valence-corrected chi connectivity index (χ0v) is 12.9. The molecule has 1 saturated heterocycles. The Kier molecular flexibility index (Phi) is 4.24. The van der Waals surface area contributed by atoms with Crippen LogP contribution in [0.3, 0.4) is 0 Å². The van der Waals surface area contributed by atoms with Crippen molar-refractivity contribution in [3.8, 4) is 6.07 Å². The van der Waals surface area contributed by atoms with E-state index in [1.165, 1.54) is 0 Å². The van der Waals surface area contributed by atoms with Gasteiger partial charge in [-0.15, -0.1) is 0 Å². The molecule has 0 aromatic carbocycles. The Balaban J connectivity index is 1.66. The minimum Gasteiger partial charge on any atom is -0.355 e. The highest BCUT2D eigenvalue weighted by molar-refractivity contribution is 5.92. The quantitative estimate of drug-likeness (QED) is 0.917. The molecule has 3 rings (SSSR count). The summed E-state index contributed by atoms with van der Waals surface area (Å²) in [6, 6.07) is 7.51.